The van der Waals surface area contributed by atoms with E-state index in [4.69, 9.17) is 4.42 Å². The molecule has 1 aromatic carbocycles. The third-order valence-electron chi connectivity index (χ3n) is 4.23. The zero-order valence-corrected chi connectivity index (χ0v) is 14.8. The maximum Gasteiger partial charge on any atom is 0.196 e. The largest absolute Gasteiger partial charge is 0.461 e. The van der Waals surface area contributed by atoms with E-state index in [1.54, 1.807) is 0 Å². The number of fused-ring (bicyclic) bond motifs is 1. The topological polar surface area (TPSA) is 30.2 Å². The van der Waals surface area contributed by atoms with Crippen molar-refractivity contribution in [3.8, 4) is 0 Å². The van der Waals surface area contributed by atoms with E-state index in [9.17, 15) is 4.79 Å². The van der Waals surface area contributed by atoms with Gasteiger partial charge in [-0.05, 0) is 65.5 Å². The molecular weight excluding hydrogens is 284 g/mol. The fourth-order valence-corrected chi connectivity index (χ4v) is 2.65. The van der Waals surface area contributed by atoms with Crippen LogP contribution in [0.1, 0.15) is 50.5 Å². The van der Waals surface area contributed by atoms with Crippen molar-refractivity contribution in [2.24, 2.45) is 0 Å². The molecule has 0 bridgehead atoms. The zero-order valence-electron chi connectivity index (χ0n) is 14.8. The molecule has 0 saturated carbocycles. The normalized spacial score (nSPS) is 11.8. The summed E-state index contributed by atoms with van der Waals surface area (Å²) in [5, 5.41) is 0.726. The van der Waals surface area contributed by atoms with Gasteiger partial charge in [-0.25, -0.2) is 0 Å². The number of allylic oxidation sites excluding steroid dienone is 4. The molecule has 0 unspecified atom stereocenters. The summed E-state index contributed by atoms with van der Waals surface area (Å²) in [7, 11) is 0. The summed E-state index contributed by atoms with van der Waals surface area (Å²) in [6.45, 7) is 10.1. The van der Waals surface area contributed by atoms with E-state index in [1.165, 1.54) is 11.1 Å². The molecule has 0 N–H and O–H groups in total. The lowest BCUT2D eigenvalue weighted by molar-refractivity contribution is 0.558. The Hall–Kier alpha value is -2.09. The first kappa shape index (κ1) is 17.3. The van der Waals surface area contributed by atoms with Crippen LogP contribution in [0.2, 0.25) is 0 Å². The summed E-state index contributed by atoms with van der Waals surface area (Å²) in [5.74, 6) is 0.702. The van der Waals surface area contributed by atoms with E-state index in [-0.39, 0.29) is 5.43 Å². The SMILES string of the molecule is CC(C)=CCC/C(C)=C\Cc1cccc2oc(C)c(C)c(=O)c12. The Morgan fingerprint density at radius 3 is 2.57 bits per heavy atom. The zero-order chi connectivity index (χ0) is 17.0. The minimum absolute atomic E-state index is 0.0925. The lowest BCUT2D eigenvalue weighted by atomic mass is 10.0. The van der Waals surface area contributed by atoms with Gasteiger partial charge in [0, 0.05) is 5.56 Å². The number of hydrogen-bond acceptors (Lipinski definition) is 2. The highest BCUT2D eigenvalue weighted by molar-refractivity contribution is 5.81. The summed E-state index contributed by atoms with van der Waals surface area (Å²) in [4.78, 5) is 12.6. The van der Waals surface area contributed by atoms with Crippen LogP contribution in [-0.2, 0) is 6.42 Å². The molecule has 0 radical (unpaired) electrons. The van der Waals surface area contributed by atoms with Crippen molar-refractivity contribution >= 4 is 11.0 Å². The van der Waals surface area contributed by atoms with Gasteiger partial charge in [0.15, 0.2) is 5.43 Å². The van der Waals surface area contributed by atoms with Gasteiger partial charge in [0.2, 0.25) is 0 Å². The van der Waals surface area contributed by atoms with Crippen molar-refractivity contribution in [1.82, 2.24) is 0 Å². The van der Waals surface area contributed by atoms with Crippen LogP contribution in [0.5, 0.6) is 0 Å². The highest BCUT2D eigenvalue weighted by Crippen LogP contribution is 2.20. The number of hydrogen-bond donors (Lipinski definition) is 0. The molecule has 2 nitrogen and oxygen atoms in total. The molecule has 1 aromatic heterocycles. The highest BCUT2D eigenvalue weighted by atomic mass is 16.3. The molecule has 0 saturated heterocycles. The van der Waals surface area contributed by atoms with Crippen LogP contribution in [0, 0.1) is 13.8 Å². The first-order chi connectivity index (χ1) is 10.9. The van der Waals surface area contributed by atoms with Gasteiger partial charge in [0.05, 0.1) is 5.39 Å². The second kappa shape index (κ2) is 7.45. The molecule has 122 valence electrons. The van der Waals surface area contributed by atoms with Gasteiger partial charge < -0.3 is 4.42 Å². The average Bonchev–Trinajstić information content (AvgIpc) is 2.50. The predicted molar refractivity (Wildman–Crippen MR) is 98.1 cm³/mol. The van der Waals surface area contributed by atoms with Crippen LogP contribution in [0.25, 0.3) is 11.0 Å². The van der Waals surface area contributed by atoms with Gasteiger partial charge >= 0.3 is 0 Å². The molecule has 0 fully saturated rings. The first-order valence-electron chi connectivity index (χ1n) is 8.21. The molecule has 2 rings (SSSR count). The van der Waals surface area contributed by atoms with Crippen LogP contribution < -0.4 is 5.43 Å². The minimum Gasteiger partial charge on any atom is -0.461 e. The number of aryl methyl sites for hydroxylation is 1. The van der Waals surface area contributed by atoms with E-state index in [2.05, 4.69) is 32.9 Å². The lowest BCUT2D eigenvalue weighted by Crippen LogP contribution is -2.09. The Morgan fingerprint density at radius 1 is 1.13 bits per heavy atom. The Balaban J connectivity index is 2.29. The number of rotatable bonds is 5. The minimum atomic E-state index is 0.0925. The van der Waals surface area contributed by atoms with Gasteiger partial charge in [-0.3, -0.25) is 4.79 Å². The summed E-state index contributed by atoms with van der Waals surface area (Å²) in [6.07, 6.45) is 7.38. The van der Waals surface area contributed by atoms with Crippen molar-refractivity contribution in [3.63, 3.8) is 0 Å². The van der Waals surface area contributed by atoms with Crippen LogP contribution in [0.15, 0.2) is 50.7 Å². The number of benzene rings is 1. The van der Waals surface area contributed by atoms with Crippen molar-refractivity contribution in [3.05, 3.63) is 68.6 Å². The van der Waals surface area contributed by atoms with Crippen LogP contribution in [0.4, 0.5) is 0 Å². The Bertz CT molecular complexity index is 816. The third kappa shape index (κ3) is 4.22. The van der Waals surface area contributed by atoms with Crippen LogP contribution in [0.3, 0.4) is 0 Å². The van der Waals surface area contributed by atoms with E-state index in [0.717, 1.165) is 30.2 Å². The molecule has 0 atom stereocenters. The molecule has 23 heavy (non-hydrogen) atoms. The fraction of sp³-hybridized carbons (Fsp3) is 0.381. The summed E-state index contributed by atoms with van der Waals surface area (Å²) in [6, 6.07) is 5.85. The third-order valence-corrected chi connectivity index (χ3v) is 4.23. The molecule has 0 aliphatic carbocycles. The molecule has 2 heteroatoms. The second-order valence-electron chi connectivity index (χ2n) is 6.48. The molecule has 2 aromatic rings. The molecular formula is C21H26O2. The van der Waals surface area contributed by atoms with Crippen LogP contribution in [-0.4, -0.2) is 0 Å². The maximum absolute atomic E-state index is 12.6. The average molecular weight is 310 g/mol. The molecule has 1 heterocycles. The highest BCUT2D eigenvalue weighted by Gasteiger charge is 2.10. The van der Waals surface area contributed by atoms with Gasteiger partial charge in [-0.1, -0.05) is 35.4 Å². The fourth-order valence-electron chi connectivity index (χ4n) is 2.65. The van der Waals surface area contributed by atoms with E-state index >= 15 is 0 Å². The Labute approximate surface area is 138 Å². The van der Waals surface area contributed by atoms with E-state index in [1.807, 2.05) is 32.0 Å². The smallest absolute Gasteiger partial charge is 0.196 e. The van der Waals surface area contributed by atoms with Gasteiger partial charge in [-0.15, -0.1) is 0 Å². The van der Waals surface area contributed by atoms with Crippen LogP contribution >= 0.6 is 0 Å². The van der Waals surface area contributed by atoms with E-state index < -0.39 is 0 Å². The molecule has 0 aliphatic rings. The predicted octanol–water partition coefficient (Wildman–Crippen LogP) is 5.65. The van der Waals surface area contributed by atoms with Crippen molar-refractivity contribution in [2.75, 3.05) is 0 Å². The van der Waals surface area contributed by atoms with E-state index in [0.29, 0.717) is 16.9 Å². The Morgan fingerprint density at radius 2 is 1.87 bits per heavy atom. The summed E-state index contributed by atoms with van der Waals surface area (Å²) < 4.78 is 5.78. The lowest BCUT2D eigenvalue weighted by Gasteiger charge is -2.07. The van der Waals surface area contributed by atoms with Crippen molar-refractivity contribution < 1.29 is 4.42 Å². The molecule has 0 spiro atoms. The van der Waals surface area contributed by atoms with Gasteiger partial charge in [-0.2, -0.15) is 0 Å². The van der Waals surface area contributed by atoms with Gasteiger partial charge in [0.1, 0.15) is 11.3 Å². The maximum atomic E-state index is 12.6. The first-order valence-corrected chi connectivity index (χ1v) is 8.21. The Kier molecular flexibility index (Phi) is 5.59. The monoisotopic (exact) mass is 310 g/mol. The van der Waals surface area contributed by atoms with Crippen molar-refractivity contribution in [1.29, 1.82) is 0 Å². The van der Waals surface area contributed by atoms with Gasteiger partial charge in [0.25, 0.3) is 0 Å². The standard InChI is InChI=1S/C21H26O2/c1-14(2)8-6-9-15(3)12-13-18-10-7-11-19-20(18)21(22)16(4)17(5)23-19/h7-8,10-12H,6,9,13H2,1-5H3/b15-12-. The molecule has 0 amide bonds. The van der Waals surface area contributed by atoms with Crippen molar-refractivity contribution in [2.45, 2.75) is 53.9 Å². The molecule has 0 aliphatic heterocycles. The summed E-state index contributed by atoms with van der Waals surface area (Å²) >= 11 is 0. The summed E-state index contributed by atoms with van der Waals surface area (Å²) in [5.41, 5.74) is 5.24. The quantitative estimate of drug-likeness (QED) is 0.668. The second-order valence-corrected chi connectivity index (χ2v) is 6.48.